The highest BCUT2D eigenvalue weighted by atomic mass is 19.4. The quantitative estimate of drug-likeness (QED) is 0.615. The van der Waals surface area contributed by atoms with Crippen molar-refractivity contribution in [2.24, 2.45) is 0 Å². The van der Waals surface area contributed by atoms with Gasteiger partial charge in [0, 0.05) is 42.0 Å². The van der Waals surface area contributed by atoms with Crippen molar-refractivity contribution in [3.8, 4) is 17.1 Å². The van der Waals surface area contributed by atoms with Crippen molar-refractivity contribution >= 4 is 5.91 Å². The summed E-state index contributed by atoms with van der Waals surface area (Å²) in [5, 5.41) is 3.37. The maximum atomic E-state index is 12.9. The van der Waals surface area contributed by atoms with Gasteiger partial charge in [0.05, 0.1) is 7.11 Å². The number of halogens is 3. The summed E-state index contributed by atoms with van der Waals surface area (Å²) >= 11 is 0. The van der Waals surface area contributed by atoms with Gasteiger partial charge in [-0.05, 0) is 43.2 Å². The minimum absolute atomic E-state index is 0.0216. The molecule has 1 amide bonds. The van der Waals surface area contributed by atoms with E-state index in [9.17, 15) is 18.0 Å². The summed E-state index contributed by atoms with van der Waals surface area (Å²) in [5.74, 6) is -1.01. The summed E-state index contributed by atoms with van der Waals surface area (Å²) in [4.78, 5) is 22.4. The fourth-order valence-corrected chi connectivity index (χ4v) is 3.58. The van der Waals surface area contributed by atoms with Crippen molar-refractivity contribution < 1.29 is 27.2 Å². The Hall–Kier alpha value is -3.43. The molecule has 7 nitrogen and oxygen atoms in total. The molecule has 0 aliphatic carbocycles. The maximum Gasteiger partial charge on any atom is 0.471 e. The van der Waals surface area contributed by atoms with Crippen molar-refractivity contribution in [3.05, 3.63) is 59.7 Å². The third-order valence-electron chi connectivity index (χ3n) is 5.16. The van der Waals surface area contributed by atoms with Crippen LogP contribution in [-0.4, -0.2) is 46.1 Å². The number of carbonyl (C=O) groups excluding carboxylic acids is 1. The van der Waals surface area contributed by atoms with Gasteiger partial charge in [-0.3, -0.25) is 9.78 Å². The molecule has 31 heavy (non-hydrogen) atoms. The van der Waals surface area contributed by atoms with E-state index in [1.165, 1.54) is 6.20 Å². The van der Waals surface area contributed by atoms with Gasteiger partial charge in [-0.1, -0.05) is 11.2 Å². The molecule has 3 aromatic rings. The van der Waals surface area contributed by atoms with Crippen molar-refractivity contribution in [1.82, 2.24) is 20.0 Å². The Bertz CT molecular complexity index is 1070. The van der Waals surface area contributed by atoms with Crippen molar-refractivity contribution in [2.75, 3.05) is 20.2 Å². The number of ether oxygens (including phenoxy) is 1. The molecular formula is C21H19F3N4O3. The SMILES string of the molecule is COc1cccc(C(=O)N2CCC[C@@H](c3ccc(-c4noc(C(F)(F)F)n4)cn3)C2)c1. The van der Waals surface area contributed by atoms with Crippen LogP contribution in [0.15, 0.2) is 47.1 Å². The molecule has 0 N–H and O–H groups in total. The van der Waals surface area contributed by atoms with E-state index < -0.39 is 12.1 Å². The summed E-state index contributed by atoms with van der Waals surface area (Å²) in [7, 11) is 1.55. The molecule has 0 unspecified atom stereocenters. The first-order chi connectivity index (χ1) is 14.8. The van der Waals surface area contributed by atoms with E-state index in [0.29, 0.717) is 30.0 Å². The first-order valence-corrected chi connectivity index (χ1v) is 9.65. The lowest BCUT2D eigenvalue weighted by Gasteiger charge is -2.32. The number of rotatable bonds is 4. The Morgan fingerprint density at radius 3 is 2.77 bits per heavy atom. The molecule has 162 valence electrons. The molecule has 10 heteroatoms. The van der Waals surface area contributed by atoms with Crippen molar-refractivity contribution in [1.29, 1.82) is 0 Å². The minimum atomic E-state index is -4.69. The van der Waals surface area contributed by atoms with E-state index in [2.05, 4.69) is 19.6 Å². The van der Waals surface area contributed by atoms with E-state index in [4.69, 9.17) is 4.74 Å². The van der Waals surface area contributed by atoms with E-state index in [0.717, 1.165) is 18.5 Å². The molecule has 3 heterocycles. The number of benzene rings is 1. The summed E-state index contributed by atoms with van der Waals surface area (Å²) in [6.07, 6.45) is -1.60. The van der Waals surface area contributed by atoms with Crippen LogP contribution in [-0.2, 0) is 6.18 Å². The largest absolute Gasteiger partial charge is 0.497 e. The highest BCUT2D eigenvalue weighted by Gasteiger charge is 2.38. The van der Waals surface area contributed by atoms with Crippen LogP contribution in [0.3, 0.4) is 0 Å². The molecular weight excluding hydrogens is 413 g/mol. The van der Waals surface area contributed by atoms with Gasteiger partial charge in [0.25, 0.3) is 5.91 Å². The lowest BCUT2D eigenvalue weighted by molar-refractivity contribution is -0.159. The third kappa shape index (κ3) is 4.52. The molecule has 1 aliphatic heterocycles. The number of carbonyl (C=O) groups is 1. The number of piperidine rings is 1. The van der Waals surface area contributed by atoms with Crippen molar-refractivity contribution in [2.45, 2.75) is 24.9 Å². The standard InChI is InChI=1S/C21H19F3N4O3/c1-30-16-6-2-4-13(10-16)19(29)28-9-3-5-15(12-28)17-8-7-14(11-25-17)18-26-20(31-27-18)21(22,23)24/h2,4,6-8,10-11,15H,3,5,9,12H2,1H3/t15-/m1/s1. The number of hydrogen-bond donors (Lipinski definition) is 0. The molecule has 1 fully saturated rings. The van der Waals surface area contributed by atoms with Gasteiger partial charge < -0.3 is 14.2 Å². The van der Waals surface area contributed by atoms with Gasteiger partial charge >= 0.3 is 12.1 Å². The fourth-order valence-electron chi connectivity index (χ4n) is 3.58. The second-order valence-electron chi connectivity index (χ2n) is 7.21. The summed E-state index contributed by atoms with van der Waals surface area (Å²) in [5.41, 5.74) is 1.63. The van der Waals surface area contributed by atoms with Gasteiger partial charge in [-0.2, -0.15) is 18.2 Å². The van der Waals surface area contributed by atoms with Gasteiger partial charge in [0.1, 0.15) is 5.75 Å². The highest BCUT2D eigenvalue weighted by Crippen LogP contribution is 2.31. The minimum Gasteiger partial charge on any atom is -0.497 e. The molecule has 0 radical (unpaired) electrons. The molecule has 0 saturated carbocycles. The molecule has 1 saturated heterocycles. The number of alkyl halides is 3. The number of methoxy groups -OCH3 is 1. The number of likely N-dealkylation sites (tertiary alicyclic amines) is 1. The highest BCUT2D eigenvalue weighted by molar-refractivity contribution is 5.94. The van der Waals surface area contributed by atoms with E-state index in [1.807, 2.05) is 0 Å². The van der Waals surface area contributed by atoms with Crippen LogP contribution in [0.1, 0.15) is 40.7 Å². The van der Waals surface area contributed by atoms with Gasteiger partial charge in [0.15, 0.2) is 0 Å². The van der Waals surface area contributed by atoms with Crippen molar-refractivity contribution in [3.63, 3.8) is 0 Å². The smallest absolute Gasteiger partial charge is 0.471 e. The van der Waals surface area contributed by atoms with Crippen LogP contribution in [0.2, 0.25) is 0 Å². The second kappa shape index (κ2) is 8.37. The Morgan fingerprint density at radius 1 is 1.26 bits per heavy atom. The number of amides is 1. The zero-order chi connectivity index (χ0) is 22.0. The normalized spacial score (nSPS) is 16.9. The maximum absolute atomic E-state index is 12.9. The van der Waals surface area contributed by atoms with Crippen LogP contribution in [0.5, 0.6) is 5.75 Å². The first kappa shape index (κ1) is 20.8. The summed E-state index contributed by atoms with van der Waals surface area (Å²) in [6.45, 7) is 1.15. The van der Waals surface area contributed by atoms with Crippen LogP contribution in [0, 0.1) is 0 Å². The second-order valence-corrected chi connectivity index (χ2v) is 7.21. The molecule has 1 atom stereocenters. The Labute approximate surface area is 175 Å². The predicted octanol–water partition coefficient (Wildman–Crippen LogP) is 4.18. The van der Waals surface area contributed by atoms with Crippen LogP contribution in [0.4, 0.5) is 13.2 Å². The zero-order valence-corrected chi connectivity index (χ0v) is 16.6. The monoisotopic (exact) mass is 432 g/mol. The molecule has 2 aromatic heterocycles. The average Bonchev–Trinajstić information content (AvgIpc) is 3.30. The number of aromatic nitrogens is 3. The number of pyridine rings is 1. The van der Waals surface area contributed by atoms with Crippen LogP contribution >= 0.6 is 0 Å². The van der Waals surface area contributed by atoms with E-state index >= 15 is 0 Å². The van der Waals surface area contributed by atoms with Crippen LogP contribution in [0.25, 0.3) is 11.4 Å². The summed E-state index contributed by atoms with van der Waals surface area (Å²) in [6, 6.07) is 10.3. The Kier molecular flexibility index (Phi) is 5.62. The lowest BCUT2D eigenvalue weighted by atomic mass is 9.93. The number of hydrogen-bond acceptors (Lipinski definition) is 6. The predicted molar refractivity (Wildman–Crippen MR) is 103 cm³/mol. The average molecular weight is 432 g/mol. The van der Waals surface area contributed by atoms with E-state index in [1.54, 1.807) is 48.4 Å². The number of nitrogens with zero attached hydrogens (tertiary/aromatic N) is 4. The van der Waals surface area contributed by atoms with Gasteiger partial charge in [0.2, 0.25) is 5.82 Å². The first-order valence-electron chi connectivity index (χ1n) is 9.65. The topological polar surface area (TPSA) is 81.4 Å². The summed E-state index contributed by atoms with van der Waals surface area (Å²) < 4.78 is 47.4. The Balaban J connectivity index is 1.47. The van der Waals surface area contributed by atoms with E-state index in [-0.39, 0.29) is 17.6 Å². The van der Waals surface area contributed by atoms with Gasteiger partial charge in [-0.25, -0.2) is 0 Å². The molecule has 1 aromatic carbocycles. The Morgan fingerprint density at radius 2 is 2.10 bits per heavy atom. The molecule has 4 rings (SSSR count). The van der Waals surface area contributed by atoms with Gasteiger partial charge in [-0.15, -0.1) is 0 Å². The molecule has 0 bridgehead atoms. The lowest BCUT2D eigenvalue weighted by Crippen LogP contribution is -2.39. The van der Waals surface area contributed by atoms with Crippen LogP contribution < -0.4 is 4.74 Å². The molecule has 1 aliphatic rings. The molecule has 0 spiro atoms. The zero-order valence-electron chi connectivity index (χ0n) is 16.6. The third-order valence-corrected chi connectivity index (χ3v) is 5.16. The fraction of sp³-hybridized carbons (Fsp3) is 0.333.